The van der Waals surface area contributed by atoms with Crippen LogP contribution in [0.3, 0.4) is 0 Å². The van der Waals surface area contributed by atoms with Crippen LogP contribution in [0.15, 0.2) is 20.2 Å². The van der Waals surface area contributed by atoms with Gasteiger partial charge in [0.05, 0.1) is 27.9 Å². The van der Waals surface area contributed by atoms with Crippen molar-refractivity contribution in [3.8, 4) is 5.88 Å². The Morgan fingerprint density at radius 2 is 2.10 bits per heavy atom. The Balaban J connectivity index is 1.66. The molecule has 0 radical (unpaired) electrons. The first-order valence-electron chi connectivity index (χ1n) is 9.03. The van der Waals surface area contributed by atoms with Crippen LogP contribution in [-0.4, -0.2) is 37.2 Å². The largest absolute Gasteiger partial charge is 0.491 e. The predicted octanol–water partition coefficient (Wildman–Crippen LogP) is 0.770. The van der Waals surface area contributed by atoms with E-state index < -0.39 is 28.1 Å². The number of esters is 1. The maximum Gasteiger partial charge on any atom is 0.314 e. The van der Waals surface area contributed by atoms with Crippen molar-refractivity contribution in [2.75, 3.05) is 0 Å². The van der Waals surface area contributed by atoms with Crippen LogP contribution >= 0.6 is 0 Å². The highest BCUT2D eigenvalue weighted by molar-refractivity contribution is 5.83. The SMILES string of the molecule is Cc1onc(O)c1CC(=O)OC1CCc2c([N+](=O)[O-])cc3[nH]c(=O)c(=O)[nH]c3c2C1. The van der Waals surface area contributed by atoms with Gasteiger partial charge in [0.15, 0.2) is 0 Å². The summed E-state index contributed by atoms with van der Waals surface area (Å²) in [6.45, 7) is 1.55. The fourth-order valence-electron chi connectivity index (χ4n) is 3.71. The van der Waals surface area contributed by atoms with E-state index >= 15 is 0 Å². The molecule has 1 aliphatic carbocycles. The van der Waals surface area contributed by atoms with Crippen molar-refractivity contribution in [3.05, 3.63) is 59.3 Å². The maximum atomic E-state index is 12.3. The van der Waals surface area contributed by atoms with Crippen molar-refractivity contribution in [1.29, 1.82) is 0 Å². The number of nitrogens with one attached hydrogen (secondary N) is 2. The summed E-state index contributed by atoms with van der Waals surface area (Å²) in [6.07, 6.45) is -0.140. The van der Waals surface area contributed by atoms with Crippen LogP contribution in [0.2, 0.25) is 0 Å². The highest BCUT2D eigenvalue weighted by atomic mass is 16.6. The summed E-state index contributed by atoms with van der Waals surface area (Å²) in [5.41, 5.74) is -0.476. The van der Waals surface area contributed by atoms with Crippen molar-refractivity contribution in [2.24, 2.45) is 0 Å². The zero-order chi connectivity index (χ0) is 21.6. The first kappa shape index (κ1) is 19.4. The minimum absolute atomic E-state index is 0.121. The Bertz CT molecular complexity index is 1280. The van der Waals surface area contributed by atoms with Crippen LogP contribution in [0.1, 0.15) is 28.9 Å². The standard InChI is InChI=1S/C18H16N4O8/c1-7-10(16(24)21-30-7)5-14(23)29-8-2-3-9-11(4-8)15-12(6-13(9)22(27)28)19-17(25)18(26)20-15/h6,8H,2-5H2,1H3,(H,19,25)(H,20,26)(H,21,24). The number of nitro groups is 1. The van der Waals surface area contributed by atoms with Gasteiger partial charge in [-0.2, -0.15) is 0 Å². The van der Waals surface area contributed by atoms with Gasteiger partial charge in [0, 0.05) is 18.1 Å². The average Bonchev–Trinajstić information content (AvgIpc) is 3.00. The quantitative estimate of drug-likeness (QED) is 0.239. The molecule has 0 aliphatic heterocycles. The number of aromatic hydroxyl groups is 1. The number of aryl methyl sites for hydroxylation is 1. The number of rotatable bonds is 4. The number of carbonyl (C=O) groups excluding carboxylic acids is 1. The van der Waals surface area contributed by atoms with E-state index in [1.807, 2.05) is 0 Å². The molecule has 12 nitrogen and oxygen atoms in total. The highest BCUT2D eigenvalue weighted by Gasteiger charge is 2.31. The smallest absolute Gasteiger partial charge is 0.314 e. The average molecular weight is 416 g/mol. The summed E-state index contributed by atoms with van der Waals surface area (Å²) in [4.78, 5) is 51.5. The third-order valence-electron chi connectivity index (χ3n) is 5.15. The molecular weight excluding hydrogens is 400 g/mol. The van der Waals surface area contributed by atoms with Crippen LogP contribution in [-0.2, 0) is 28.8 Å². The summed E-state index contributed by atoms with van der Waals surface area (Å²) in [5, 5.41) is 24.5. The van der Waals surface area contributed by atoms with Gasteiger partial charge in [0.1, 0.15) is 11.9 Å². The lowest BCUT2D eigenvalue weighted by Crippen LogP contribution is -2.31. The molecule has 0 amide bonds. The van der Waals surface area contributed by atoms with E-state index in [1.54, 1.807) is 6.92 Å². The van der Waals surface area contributed by atoms with Crippen LogP contribution in [0.5, 0.6) is 5.88 Å². The van der Waals surface area contributed by atoms with Crippen molar-refractivity contribution >= 4 is 22.7 Å². The van der Waals surface area contributed by atoms with Gasteiger partial charge in [-0.05, 0) is 30.5 Å². The summed E-state index contributed by atoms with van der Waals surface area (Å²) < 4.78 is 10.3. The topological polar surface area (TPSA) is 181 Å². The molecule has 1 unspecified atom stereocenters. The van der Waals surface area contributed by atoms with Gasteiger partial charge < -0.3 is 24.3 Å². The van der Waals surface area contributed by atoms with E-state index in [9.17, 15) is 29.6 Å². The second kappa shape index (κ2) is 7.13. The van der Waals surface area contributed by atoms with E-state index in [2.05, 4.69) is 15.1 Å². The maximum absolute atomic E-state index is 12.3. The molecule has 0 fully saturated rings. The number of aromatic amines is 2. The fourth-order valence-corrected chi connectivity index (χ4v) is 3.71. The fraction of sp³-hybridized carbons (Fsp3) is 0.333. The number of benzene rings is 1. The molecule has 0 saturated heterocycles. The third-order valence-corrected chi connectivity index (χ3v) is 5.15. The number of hydrogen-bond acceptors (Lipinski definition) is 9. The molecule has 156 valence electrons. The Morgan fingerprint density at radius 3 is 2.77 bits per heavy atom. The van der Waals surface area contributed by atoms with Crippen molar-refractivity contribution < 1.29 is 24.1 Å². The highest BCUT2D eigenvalue weighted by Crippen LogP contribution is 2.35. The number of H-pyrrole nitrogens is 2. The molecule has 0 saturated carbocycles. The molecule has 0 bridgehead atoms. The van der Waals surface area contributed by atoms with Gasteiger partial charge in [-0.3, -0.25) is 24.5 Å². The van der Waals surface area contributed by atoms with Crippen molar-refractivity contribution in [2.45, 2.75) is 38.7 Å². The summed E-state index contributed by atoms with van der Waals surface area (Å²) >= 11 is 0. The second-order valence-corrected chi connectivity index (χ2v) is 7.01. The van der Waals surface area contributed by atoms with Crippen LogP contribution in [0.25, 0.3) is 11.0 Å². The van der Waals surface area contributed by atoms with Crippen LogP contribution in [0.4, 0.5) is 5.69 Å². The lowest BCUT2D eigenvalue weighted by molar-refractivity contribution is -0.385. The number of fused-ring (bicyclic) bond motifs is 3. The van der Waals surface area contributed by atoms with E-state index in [0.717, 1.165) is 0 Å². The molecule has 2 heterocycles. The summed E-state index contributed by atoms with van der Waals surface area (Å²) in [5.74, 6) is -0.718. The molecule has 12 heteroatoms. The lowest BCUT2D eigenvalue weighted by Gasteiger charge is -2.25. The van der Waals surface area contributed by atoms with Gasteiger partial charge in [-0.25, -0.2) is 0 Å². The second-order valence-electron chi connectivity index (χ2n) is 7.01. The van der Waals surface area contributed by atoms with E-state index in [-0.39, 0.29) is 47.4 Å². The minimum atomic E-state index is -0.917. The molecule has 3 aromatic rings. The van der Waals surface area contributed by atoms with E-state index in [4.69, 9.17) is 9.26 Å². The summed E-state index contributed by atoms with van der Waals surface area (Å²) in [6, 6.07) is 1.22. The first-order valence-corrected chi connectivity index (χ1v) is 9.03. The molecule has 1 aromatic carbocycles. The molecule has 2 aromatic heterocycles. The lowest BCUT2D eigenvalue weighted by atomic mass is 9.87. The molecule has 1 aliphatic rings. The zero-order valence-electron chi connectivity index (χ0n) is 15.7. The molecule has 3 N–H and O–H groups in total. The minimum Gasteiger partial charge on any atom is -0.491 e. The van der Waals surface area contributed by atoms with Crippen LogP contribution in [0, 0.1) is 17.0 Å². The van der Waals surface area contributed by atoms with Gasteiger partial charge >= 0.3 is 17.1 Å². The first-order chi connectivity index (χ1) is 14.2. The molecule has 4 rings (SSSR count). The number of nitro benzene ring substituents is 1. The molecule has 0 spiro atoms. The van der Waals surface area contributed by atoms with Gasteiger partial charge in [-0.15, -0.1) is 0 Å². The number of aromatic nitrogens is 3. The Labute approximate surface area is 166 Å². The van der Waals surface area contributed by atoms with E-state index in [1.165, 1.54) is 6.07 Å². The number of ether oxygens (including phenoxy) is 1. The summed E-state index contributed by atoms with van der Waals surface area (Å²) in [7, 11) is 0. The number of carbonyl (C=O) groups is 1. The van der Waals surface area contributed by atoms with Gasteiger partial charge in [0.2, 0.25) is 0 Å². The molecule has 30 heavy (non-hydrogen) atoms. The third kappa shape index (κ3) is 3.32. The monoisotopic (exact) mass is 416 g/mol. The Kier molecular flexibility index (Phi) is 4.60. The Morgan fingerprint density at radius 1 is 1.37 bits per heavy atom. The Hall–Kier alpha value is -3.96. The van der Waals surface area contributed by atoms with Crippen LogP contribution < -0.4 is 11.1 Å². The predicted molar refractivity (Wildman–Crippen MR) is 100 cm³/mol. The normalized spacial score (nSPS) is 15.7. The van der Waals surface area contributed by atoms with Crippen molar-refractivity contribution in [1.82, 2.24) is 15.1 Å². The van der Waals surface area contributed by atoms with Gasteiger partial charge in [-0.1, -0.05) is 0 Å². The number of nitrogens with zero attached hydrogens (tertiary/aromatic N) is 2. The zero-order valence-corrected chi connectivity index (χ0v) is 15.7. The van der Waals surface area contributed by atoms with E-state index in [0.29, 0.717) is 23.3 Å². The molecular formula is C18H16N4O8. The number of hydrogen-bond donors (Lipinski definition) is 3. The molecule has 1 atom stereocenters. The van der Waals surface area contributed by atoms with Gasteiger partial charge in [0.25, 0.3) is 11.6 Å². The van der Waals surface area contributed by atoms with Crippen molar-refractivity contribution in [3.63, 3.8) is 0 Å².